The lowest BCUT2D eigenvalue weighted by atomic mass is 9.89. The van der Waals surface area contributed by atoms with Crippen LogP contribution >= 0.6 is 23.1 Å². The molecule has 0 amide bonds. The lowest BCUT2D eigenvalue weighted by molar-refractivity contribution is 0.129. The number of nitrogens with zero attached hydrogens (tertiary/aromatic N) is 2. The van der Waals surface area contributed by atoms with Gasteiger partial charge in [0.15, 0.2) is 5.16 Å². The van der Waals surface area contributed by atoms with Gasteiger partial charge in [-0.25, -0.2) is 4.98 Å². The number of fused-ring (bicyclic) bond motifs is 3. The highest BCUT2D eigenvalue weighted by atomic mass is 32.2. The number of aryl methyl sites for hydroxylation is 1. The van der Waals surface area contributed by atoms with Gasteiger partial charge in [0.2, 0.25) is 0 Å². The lowest BCUT2D eigenvalue weighted by Gasteiger charge is -2.17. The Hall–Kier alpha value is -0.850. The Bertz CT molecular complexity index is 805. The quantitative estimate of drug-likeness (QED) is 0.610. The molecule has 2 aromatic heterocycles. The number of ether oxygens (including phenoxy) is 1. The fraction of sp³-hybridized carbons (Fsp3) is 0.667. The van der Waals surface area contributed by atoms with Gasteiger partial charge < -0.3 is 4.74 Å². The molecule has 24 heavy (non-hydrogen) atoms. The molecule has 0 aromatic carbocycles. The molecule has 1 aliphatic carbocycles. The molecular formula is C18H24N2O2S2. The van der Waals surface area contributed by atoms with Crippen LogP contribution in [0.3, 0.4) is 0 Å². The maximum atomic E-state index is 13.1. The minimum atomic E-state index is 0.157. The van der Waals surface area contributed by atoms with Crippen LogP contribution < -0.4 is 5.56 Å². The third-order valence-corrected chi connectivity index (χ3v) is 7.38. The summed E-state index contributed by atoms with van der Waals surface area (Å²) in [6, 6.07) is 0. The van der Waals surface area contributed by atoms with Crippen LogP contribution in [0, 0.1) is 5.92 Å². The molecule has 0 bridgehead atoms. The zero-order chi connectivity index (χ0) is 16.7. The van der Waals surface area contributed by atoms with E-state index >= 15 is 0 Å². The van der Waals surface area contributed by atoms with Crippen molar-refractivity contribution in [1.29, 1.82) is 0 Å². The van der Waals surface area contributed by atoms with Gasteiger partial charge in [-0.15, -0.1) is 11.3 Å². The number of hydrogen-bond donors (Lipinski definition) is 0. The lowest BCUT2D eigenvalue weighted by Crippen LogP contribution is -2.24. The Morgan fingerprint density at radius 3 is 3.04 bits per heavy atom. The highest BCUT2D eigenvalue weighted by Crippen LogP contribution is 2.36. The largest absolute Gasteiger partial charge is 0.377 e. The van der Waals surface area contributed by atoms with E-state index in [-0.39, 0.29) is 5.56 Å². The first-order valence-electron chi connectivity index (χ1n) is 8.96. The smallest absolute Gasteiger partial charge is 0.263 e. The Morgan fingerprint density at radius 2 is 2.29 bits per heavy atom. The van der Waals surface area contributed by atoms with Crippen molar-refractivity contribution in [2.24, 2.45) is 5.92 Å². The van der Waals surface area contributed by atoms with E-state index in [2.05, 4.69) is 6.92 Å². The van der Waals surface area contributed by atoms with E-state index in [1.165, 1.54) is 16.9 Å². The van der Waals surface area contributed by atoms with Gasteiger partial charge in [-0.2, -0.15) is 0 Å². The summed E-state index contributed by atoms with van der Waals surface area (Å²) >= 11 is 3.42. The summed E-state index contributed by atoms with van der Waals surface area (Å²) in [5, 5.41) is 1.75. The van der Waals surface area contributed by atoms with Crippen LogP contribution in [0.15, 0.2) is 9.95 Å². The first kappa shape index (κ1) is 16.6. The number of aromatic nitrogens is 2. The van der Waals surface area contributed by atoms with Crippen molar-refractivity contribution in [3.8, 4) is 0 Å². The summed E-state index contributed by atoms with van der Waals surface area (Å²) in [5.74, 6) is 1.60. The normalized spacial score (nSPS) is 23.8. The summed E-state index contributed by atoms with van der Waals surface area (Å²) < 4.78 is 7.56. The van der Waals surface area contributed by atoms with E-state index in [9.17, 15) is 4.79 Å². The topological polar surface area (TPSA) is 44.1 Å². The maximum absolute atomic E-state index is 13.1. The molecule has 4 rings (SSSR count). The Kier molecular flexibility index (Phi) is 4.71. The highest BCUT2D eigenvalue weighted by Gasteiger charge is 2.25. The highest BCUT2D eigenvalue weighted by molar-refractivity contribution is 7.99. The summed E-state index contributed by atoms with van der Waals surface area (Å²) in [5.41, 5.74) is 1.44. The molecular weight excluding hydrogens is 340 g/mol. The van der Waals surface area contributed by atoms with Crippen LogP contribution in [-0.2, 0) is 24.1 Å². The van der Waals surface area contributed by atoms with Crippen LogP contribution in [0.2, 0.25) is 0 Å². The van der Waals surface area contributed by atoms with E-state index < -0.39 is 0 Å². The summed E-state index contributed by atoms with van der Waals surface area (Å²) in [7, 11) is 0. The molecule has 0 spiro atoms. The van der Waals surface area contributed by atoms with Crippen LogP contribution in [0.5, 0.6) is 0 Å². The molecule has 1 fully saturated rings. The van der Waals surface area contributed by atoms with Crippen molar-refractivity contribution in [2.75, 3.05) is 12.4 Å². The fourth-order valence-electron chi connectivity index (χ4n) is 3.74. The number of thioether (sulfide) groups is 1. The average Bonchev–Trinajstić information content (AvgIpc) is 3.19. The molecule has 0 radical (unpaired) electrons. The van der Waals surface area contributed by atoms with Crippen molar-refractivity contribution in [2.45, 2.75) is 63.8 Å². The summed E-state index contributed by atoms with van der Waals surface area (Å²) in [6.45, 7) is 5.88. The Balaban J connectivity index is 1.73. The second kappa shape index (κ2) is 6.81. The van der Waals surface area contributed by atoms with Crippen molar-refractivity contribution >= 4 is 33.3 Å². The minimum absolute atomic E-state index is 0.157. The first-order valence-corrected chi connectivity index (χ1v) is 10.8. The van der Waals surface area contributed by atoms with Gasteiger partial charge in [-0.05, 0) is 50.5 Å². The Morgan fingerprint density at radius 1 is 1.42 bits per heavy atom. The molecule has 130 valence electrons. The van der Waals surface area contributed by atoms with Gasteiger partial charge in [0.1, 0.15) is 4.83 Å². The van der Waals surface area contributed by atoms with E-state index in [0.717, 1.165) is 53.4 Å². The van der Waals surface area contributed by atoms with E-state index in [0.29, 0.717) is 18.6 Å². The summed E-state index contributed by atoms with van der Waals surface area (Å²) in [4.78, 5) is 20.3. The first-order chi connectivity index (χ1) is 11.7. The second-order valence-electron chi connectivity index (χ2n) is 6.92. The maximum Gasteiger partial charge on any atom is 0.263 e. The third-order valence-electron chi connectivity index (χ3n) is 5.12. The zero-order valence-corrected chi connectivity index (χ0v) is 16.0. The molecule has 2 aliphatic rings. The fourth-order valence-corrected chi connectivity index (χ4v) is 6.29. The molecule has 4 nitrogen and oxygen atoms in total. The molecule has 3 heterocycles. The molecule has 1 saturated heterocycles. The molecule has 0 unspecified atom stereocenters. The van der Waals surface area contributed by atoms with Crippen LogP contribution in [-0.4, -0.2) is 28.0 Å². The van der Waals surface area contributed by atoms with Crippen molar-refractivity contribution in [3.63, 3.8) is 0 Å². The predicted octanol–water partition coefficient (Wildman–Crippen LogP) is 3.87. The SMILES string of the molecule is CCn1c(SC[C@@H]2CCCO2)nc2sc3c(c2c1=O)CC[C@H](C)C3. The minimum Gasteiger partial charge on any atom is -0.377 e. The van der Waals surface area contributed by atoms with Gasteiger partial charge in [-0.3, -0.25) is 9.36 Å². The molecule has 1 aliphatic heterocycles. The number of rotatable bonds is 4. The average molecular weight is 365 g/mol. The van der Waals surface area contributed by atoms with Crippen LogP contribution in [0.4, 0.5) is 0 Å². The van der Waals surface area contributed by atoms with E-state index in [4.69, 9.17) is 9.72 Å². The van der Waals surface area contributed by atoms with Crippen LogP contribution in [0.25, 0.3) is 10.2 Å². The number of thiophene rings is 1. The predicted molar refractivity (Wildman–Crippen MR) is 100 cm³/mol. The van der Waals surface area contributed by atoms with E-state index in [1.807, 2.05) is 11.5 Å². The standard InChI is InChI=1S/C18H24N2O2S2/c1-3-20-17(21)15-13-7-6-11(2)9-14(13)24-16(15)19-18(20)23-10-12-5-4-8-22-12/h11-12H,3-10H2,1-2H3/t11-,12-/m0/s1. The van der Waals surface area contributed by atoms with E-state index in [1.54, 1.807) is 23.1 Å². The second-order valence-corrected chi connectivity index (χ2v) is 8.99. The van der Waals surface area contributed by atoms with Gasteiger partial charge >= 0.3 is 0 Å². The third kappa shape index (κ3) is 2.93. The van der Waals surface area contributed by atoms with Crippen molar-refractivity contribution < 1.29 is 4.74 Å². The molecule has 0 N–H and O–H groups in total. The number of hydrogen-bond acceptors (Lipinski definition) is 5. The molecule has 2 atom stereocenters. The van der Waals surface area contributed by atoms with Gasteiger partial charge in [-0.1, -0.05) is 18.7 Å². The monoisotopic (exact) mass is 364 g/mol. The molecule has 6 heteroatoms. The van der Waals surface area contributed by atoms with Crippen molar-refractivity contribution in [3.05, 3.63) is 20.8 Å². The Labute approximate surface area is 150 Å². The van der Waals surface area contributed by atoms with Gasteiger partial charge in [0, 0.05) is 23.8 Å². The van der Waals surface area contributed by atoms with Gasteiger partial charge in [0.05, 0.1) is 11.5 Å². The molecule has 2 aromatic rings. The van der Waals surface area contributed by atoms with Crippen LogP contribution in [0.1, 0.15) is 43.6 Å². The zero-order valence-electron chi connectivity index (χ0n) is 14.3. The van der Waals surface area contributed by atoms with Crippen molar-refractivity contribution in [1.82, 2.24) is 9.55 Å². The van der Waals surface area contributed by atoms with Gasteiger partial charge in [0.25, 0.3) is 5.56 Å². The molecule has 0 saturated carbocycles. The summed E-state index contributed by atoms with van der Waals surface area (Å²) in [6.07, 6.45) is 5.88.